The molecule has 0 aromatic heterocycles. The molecular formula is C19H23NO. The Morgan fingerprint density at radius 3 is 2.24 bits per heavy atom. The Labute approximate surface area is 126 Å². The third-order valence-corrected chi connectivity index (χ3v) is 4.46. The van der Waals surface area contributed by atoms with Crippen molar-refractivity contribution in [2.75, 3.05) is 0 Å². The van der Waals surface area contributed by atoms with Crippen LogP contribution in [-0.2, 0) is 0 Å². The van der Waals surface area contributed by atoms with Crippen molar-refractivity contribution in [1.29, 1.82) is 0 Å². The second-order valence-electron chi connectivity index (χ2n) is 6.22. The first-order valence-electron chi connectivity index (χ1n) is 7.82. The van der Waals surface area contributed by atoms with Crippen molar-refractivity contribution in [1.82, 2.24) is 5.32 Å². The minimum absolute atomic E-state index is 0.196. The van der Waals surface area contributed by atoms with Crippen molar-refractivity contribution in [3.05, 3.63) is 65.7 Å². The molecule has 1 saturated carbocycles. The predicted octanol–water partition coefficient (Wildman–Crippen LogP) is 4.26. The molecule has 0 heterocycles. The van der Waals surface area contributed by atoms with Crippen LogP contribution in [0.2, 0.25) is 0 Å². The zero-order chi connectivity index (χ0) is 14.7. The van der Waals surface area contributed by atoms with E-state index in [1.165, 1.54) is 30.4 Å². The van der Waals surface area contributed by atoms with E-state index in [0.29, 0.717) is 11.8 Å². The highest BCUT2D eigenvalue weighted by molar-refractivity contribution is 5.35. The number of hydrogen-bond donors (Lipinski definition) is 2. The van der Waals surface area contributed by atoms with Crippen molar-refractivity contribution in [3.8, 4) is 5.75 Å². The first-order chi connectivity index (χ1) is 10.2. The second-order valence-corrected chi connectivity index (χ2v) is 6.22. The number of phenolic OH excluding ortho intramolecular Hbond substituents is 1. The highest BCUT2D eigenvalue weighted by Gasteiger charge is 2.25. The fourth-order valence-electron chi connectivity index (χ4n) is 3.29. The molecular weight excluding hydrogens is 258 g/mol. The molecule has 2 aromatic carbocycles. The fourth-order valence-corrected chi connectivity index (χ4v) is 3.29. The van der Waals surface area contributed by atoms with Crippen LogP contribution in [-0.4, -0.2) is 11.1 Å². The molecule has 0 bridgehead atoms. The van der Waals surface area contributed by atoms with Crippen molar-refractivity contribution in [2.24, 2.45) is 5.92 Å². The van der Waals surface area contributed by atoms with E-state index in [9.17, 15) is 5.11 Å². The highest BCUT2D eigenvalue weighted by Crippen LogP contribution is 2.30. The number of nitrogens with one attached hydrogen (secondary N) is 1. The lowest BCUT2D eigenvalue weighted by molar-refractivity contribution is 0.461. The Morgan fingerprint density at radius 1 is 0.952 bits per heavy atom. The van der Waals surface area contributed by atoms with Gasteiger partial charge in [-0.25, -0.2) is 0 Å². The molecule has 110 valence electrons. The number of phenols is 1. The van der Waals surface area contributed by atoms with Gasteiger partial charge < -0.3 is 10.4 Å². The van der Waals surface area contributed by atoms with Crippen LogP contribution < -0.4 is 5.32 Å². The van der Waals surface area contributed by atoms with E-state index in [4.69, 9.17) is 0 Å². The van der Waals surface area contributed by atoms with E-state index in [-0.39, 0.29) is 6.04 Å². The Balaban J connectivity index is 1.86. The maximum Gasteiger partial charge on any atom is 0.115 e. The molecule has 0 radical (unpaired) electrons. The topological polar surface area (TPSA) is 32.3 Å². The van der Waals surface area contributed by atoms with Gasteiger partial charge in [0, 0.05) is 6.04 Å². The van der Waals surface area contributed by atoms with Gasteiger partial charge in [0.1, 0.15) is 5.75 Å². The number of aromatic hydroxyl groups is 1. The van der Waals surface area contributed by atoms with E-state index >= 15 is 0 Å². The fraction of sp³-hybridized carbons (Fsp3) is 0.368. The average molecular weight is 281 g/mol. The number of rotatable bonds is 4. The van der Waals surface area contributed by atoms with E-state index in [1.54, 1.807) is 12.1 Å². The van der Waals surface area contributed by atoms with Crippen LogP contribution in [0.5, 0.6) is 5.75 Å². The summed E-state index contributed by atoms with van der Waals surface area (Å²) in [6.45, 7) is 2.33. The molecule has 2 nitrogen and oxygen atoms in total. The first-order valence-corrected chi connectivity index (χ1v) is 7.82. The summed E-state index contributed by atoms with van der Waals surface area (Å²) in [7, 11) is 0. The SMILES string of the molecule is CC1CCC(NC(c2ccccc2)c2ccc(O)cc2)C1. The van der Waals surface area contributed by atoms with Gasteiger partial charge in [0.25, 0.3) is 0 Å². The van der Waals surface area contributed by atoms with Gasteiger partial charge in [-0.05, 0) is 48.4 Å². The molecule has 0 saturated heterocycles. The van der Waals surface area contributed by atoms with Crippen molar-refractivity contribution in [2.45, 2.75) is 38.3 Å². The number of benzene rings is 2. The van der Waals surface area contributed by atoms with Gasteiger partial charge in [-0.1, -0.05) is 49.4 Å². The van der Waals surface area contributed by atoms with Crippen LogP contribution in [0.1, 0.15) is 43.4 Å². The summed E-state index contributed by atoms with van der Waals surface area (Å²) >= 11 is 0. The second kappa shape index (κ2) is 6.31. The third-order valence-electron chi connectivity index (χ3n) is 4.46. The van der Waals surface area contributed by atoms with Crippen molar-refractivity contribution in [3.63, 3.8) is 0 Å². The van der Waals surface area contributed by atoms with Crippen LogP contribution in [0.4, 0.5) is 0 Å². The molecule has 2 heteroatoms. The Morgan fingerprint density at radius 2 is 1.62 bits per heavy atom. The predicted molar refractivity (Wildman–Crippen MR) is 86.3 cm³/mol. The van der Waals surface area contributed by atoms with Crippen LogP contribution in [0.15, 0.2) is 54.6 Å². The number of hydrogen-bond acceptors (Lipinski definition) is 2. The molecule has 3 unspecified atom stereocenters. The van der Waals surface area contributed by atoms with Gasteiger partial charge in [-0.2, -0.15) is 0 Å². The maximum absolute atomic E-state index is 9.51. The molecule has 2 N–H and O–H groups in total. The average Bonchev–Trinajstić information content (AvgIpc) is 2.92. The van der Waals surface area contributed by atoms with Crippen molar-refractivity contribution < 1.29 is 5.11 Å². The molecule has 1 aliphatic rings. The zero-order valence-electron chi connectivity index (χ0n) is 12.5. The molecule has 1 aliphatic carbocycles. The minimum Gasteiger partial charge on any atom is -0.508 e. The van der Waals surface area contributed by atoms with Gasteiger partial charge in [0.2, 0.25) is 0 Å². The lowest BCUT2D eigenvalue weighted by Gasteiger charge is -2.24. The van der Waals surface area contributed by atoms with E-state index in [1.807, 2.05) is 12.1 Å². The monoisotopic (exact) mass is 281 g/mol. The summed E-state index contributed by atoms with van der Waals surface area (Å²) in [6, 6.07) is 18.9. The first kappa shape index (κ1) is 14.2. The van der Waals surface area contributed by atoms with Crippen LogP contribution in [0, 0.1) is 5.92 Å². The largest absolute Gasteiger partial charge is 0.508 e. The molecule has 3 atom stereocenters. The van der Waals surface area contributed by atoms with Gasteiger partial charge in [0.05, 0.1) is 6.04 Å². The highest BCUT2D eigenvalue weighted by atomic mass is 16.3. The summed E-state index contributed by atoms with van der Waals surface area (Å²) in [4.78, 5) is 0. The van der Waals surface area contributed by atoms with Gasteiger partial charge >= 0.3 is 0 Å². The molecule has 1 fully saturated rings. The lowest BCUT2D eigenvalue weighted by atomic mass is 9.97. The zero-order valence-corrected chi connectivity index (χ0v) is 12.5. The van der Waals surface area contributed by atoms with Gasteiger partial charge in [-0.3, -0.25) is 0 Å². The lowest BCUT2D eigenvalue weighted by Crippen LogP contribution is -2.31. The van der Waals surface area contributed by atoms with Gasteiger partial charge in [-0.15, -0.1) is 0 Å². The molecule has 3 rings (SSSR count). The van der Waals surface area contributed by atoms with Gasteiger partial charge in [0.15, 0.2) is 0 Å². The smallest absolute Gasteiger partial charge is 0.115 e. The van der Waals surface area contributed by atoms with Crippen LogP contribution in [0.3, 0.4) is 0 Å². The summed E-state index contributed by atoms with van der Waals surface area (Å²) in [5.41, 5.74) is 2.49. The Bertz CT molecular complexity index is 564. The summed E-state index contributed by atoms with van der Waals surface area (Å²) in [6.07, 6.45) is 3.82. The molecule has 2 aromatic rings. The van der Waals surface area contributed by atoms with E-state index in [0.717, 1.165) is 5.92 Å². The van der Waals surface area contributed by atoms with E-state index in [2.05, 4.69) is 42.6 Å². The normalized spacial score (nSPS) is 23.1. The van der Waals surface area contributed by atoms with E-state index < -0.39 is 0 Å². The quantitative estimate of drug-likeness (QED) is 0.877. The summed E-state index contributed by atoms with van der Waals surface area (Å²) < 4.78 is 0. The van der Waals surface area contributed by atoms with Crippen LogP contribution in [0.25, 0.3) is 0 Å². The molecule has 0 amide bonds. The Hall–Kier alpha value is -1.80. The molecule has 0 aliphatic heterocycles. The summed E-state index contributed by atoms with van der Waals surface area (Å²) in [5, 5.41) is 13.3. The standard InChI is InChI=1S/C19H23NO/c1-14-7-10-17(13-14)20-19(15-5-3-2-4-6-15)16-8-11-18(21)12-9-16/h2-6,8-9,11-12,14,17,19-21H,7,10,13H2,1H3. The van der Waals surface area contributed by atoms with Crippen molar-refractivity contribution >= 4 is 0 Å². The maximum atomic E-state index is 9.51. The molecule has 0 spiro atoms. The summed E-state index contributed by atoms with van der Waals surface area (Å²) in [5.74, 6) is 1.14. The van der Waals surface area contributed by atoms with Crippen LogP contribution >= 0.6 is 0 Å². The minimum atomic E-state index is 0.196. The molecule has 21 heavy (non-hydrogen) atoms. The Kier molecular flexibility index (Phi) is 4.26. The third kappa shape index (κ3) is 3.45.